The van der Waals surface area contributed by atoms with Gasteiger partial charge in [0.05, 0.1) is 20.8 Å². The molecule has 0 atom stereocenters. The Kier molecular flexibility index (Phi) is 5.07. The third-order valence-corrected chi connectivity index (χ3v) is 3.57. The van der Waals surface area contributed by atoms with Crippen LogP contribution in [-0.4, -0.2) is 11.8 Å². The second kappa shape index (κ2) is 6.80. The average Bonchev–Trinajstić information content (AvgIpc) is 2.45. The highest BCUT2D eigenvalue weighted by Gasteiger charge is 2.15. The summed E-state index contributed by atoms with van der Waals surface area (Å²) in [5, 5.41) is 5.80. The van der Waals surface area contributed by atoms with Crippen molar-refractivity contribution in [3.63, 3.8) is 0 Å². The molecule has 0 fully saturated rings. The average molecular weight is 344 g/mol. The zero-order chi connectivity index (χ0) is 15.4. The molecule has 2 N–H and O–H groups in total. The van der Waals surface area contributed by atoms with Crippen LogP contribution < -0.4 is 10.6 Å². The summed E-state index contributed by atoms with van der Waals surface area (Å²) >= 11 is 17.5. The highest BCUT2D eigenvalue weighted by Crippen LogP contribution is 2.25. The molecule has 0 aromatic heterocycles. The molecule has 21 heavy (non-hydrogen) atoms. The Labute approximate surface area is 136 Å². The molecule has 0 saturated heterocycles. The summed E-state index contributed by atoms with van der Waals surface area (Å²) < 4.78 is 0. The molecule has 2 aromatic rings. The standard InChI is InChI=1S/C14H9Cl3N2O2/c15-9-6-5-8(7-11(9)17)18-13(20)14(21)19-12-4-2-1-3-10(12)16/h1-7H,(H,18,20)(H,19,21). The van der Waals surface area contributed by atoms with E-state index in [4.69, 9.17) is 34.8 Å². The van der Waals surface area contributed by atoms with Gasteiger partial charge < -0.3 is 10.6 Å². The summed E-state index contributed by atoms with van der Waals surface area (Å²) in [5.74, 6) is -1.68. The van der Waals surface area contributed by atoms with Gasteiger partial charge in [0.1, 0.15) is 0 Å². The molecule has 0 saturated carbocycles. The van der Waals surface area contributed by atoms with Gasteiger partial charge in [-0.3, -0.25) is 9.59 Å². The number of nitrogens with one attached hydrogen (secondary N) is 2. The lowest BCUT2D eigenvalue weighted by Gasteiger charge is -2.08. The molecule has 0 aliphatic rings. The molecular weight excluding hydrogens is 335 g/mol. The molecule has 0 aliphatic carbocycles. The lowest BCUT2D eigenvalue weighted by atomic mass is 10.3. The summed E-state index contributed by atoms with van der Waals surface area (Å²) in [4.78, 5) is 23.6. The van der Waals surface area contributed by atoms with Crippen LogP contribution in [0.4, 0.5) is 11.4 Å². The van der Waals surface area contributed by atoms with Crippen LogP contribution in [0, 0.1) is 0 Å². The van der Waals surface area contributed by atoms with Gasteiger partial charge >= 0.3 is 11.8 Å². The molecule has 0 heterocycles. The van der Waals surface area contributed by atoms with Crippen molar-refractivity contribution in [2.24, 2.45) is 0 Å². The van der Waals surface area contributed by atoms with Gasteiger partial charge in [-0.2, -0.15) is 0 Å². The number of hydrogen-bond acceptors (Lipinski definition) is 2. The SMILES string of the molecule is O=C(Nc1ccc(Cl)c(Cl)c1)C(=O)Nc1ccccc1Cl. The number of benzene rings is 2. The maximum absolute atomic E-state index is 11.8. The van der Waals surface area contributed by atoms with Gasteiger partial charge in [-0.1, -0.05) is 46.9 Å². The number of anilines is 2. The minimum Gasteiger partial charge on any atom is -0.318 e. The lowest BCUT2D eigenvalue weighted by Crippen LogP contribution is -2.29. The van der Waals surface area contributed by atoms with Crippen LogP contribution in [0.15, 0.2) is 42.5 Å². The zero-order valence-corrected chi connectivity index (χ0v) is 12.8. The molecular formula is C14H9Cl3N2O2. The number of carbonyl (C=O) groups is 2. The van der Waals surface area contributed by atoms with Gasteiger partial charge in [0, 0.05) is 5.69 Å². The molecule has 0 aliphatic heterocycles. The van der Waals surface area contributed by atoms with Crippen LogP contribution >= 0.6 is 34.8 Å². The van der Waals surface area contributed by atoms with E-state index in [1.807, 2.05) is 0 Å². The second-order valence-electron chi connectivity index (χ2n) is 4.02. The number of hydrogen-bond donors (Lipinski definition) is 2. The maximum atomic E-state index is 11.8. The van der Waals surface area contributed by atoms with Crippen molar-refractivity contribution in [1.82, 2.24) is 0 Å². The van der Waals surface area contributed by atoms with Crippen molar-refractivity contribution in [1.29, 1.82) is 0 Å². The first-order valence-electron chi connectivity index (χ1n) is 5.79. The fourth-order valence-corrected chi connectivity index (χ4v) is 1.98. The third-order valence-electron chi connectivity index (χ3n) is 2.51. The first-order valence-corrected chi connectivity index (χ1v) is 6.92. The second-order valence-corrected chi connectivity index (χ2v) is 5.24. The topological polar surface area (TPSA) is 58.2 Å². The third kappa shape index (κ3) is 4.11. The van der Waals surface area contributed by atoms with E-state index in [1.165, 1.54) is 18.2 Å². The lowest BCUT2D eigenvalue weighted by molar-refractivity contribution is -0.132. The largest absolute Gasteiger partial charge is 0.318 e. The smallest absolute Gasteiger partial charge is 0.314 e. The first kappa shape index (κ1) is 15.6. The van der Waals surface area contributed by atoms with Crippen molar-refractivity contribution in [2.75, 3.05) is 10.6 Å². The maximum Gasteiger partial charge on any atom is 0.314 e. The van der Waals surface area contributed by atoms with E-state index in [0.29, 0.717) is 21.4 Å². The molecule has 4 nitrogen and oxygen atoms in total. The Morgan fingerprint density at radius 3 is 2.10 bits per heavy atom. The fraction of sp³-hybridized carbons (Fsp3) is 0. The summed E-state index contributed by atoms with van der Waals surface area (Å²) in [6.45, 7) is 0. The van der Waals surface area contributed by atoms with Crippen LogP contribution in [0.3, 0.4) is 0 Å². The van der Waals surface area contributed by atoms with E-state index >= 15 is 0 Å². The Bertz CT molecular complexity index is 704. The quantitative estimate of drug-likeness (QED) is 0.802. The van der Waals surface area contributed by atoms with Crippen LogP contribution in [-0.2, 0) is 9.59 Å². The van der Waals surface area contributed by atoms with Crippen LogP contribution in [0.2, 0.25) is 15.1 Å². The minimum absolute atomic E-state index is 0.279. The van der Waals surface area contributed by atoms with Gasteiger partial charge in [-0.15, -0.1) is 0 Å². The van der Waals surface area contributed by atoms with Crippen LogP contribution in [0.1, 0.15) is 0 Å². The van der Waals surface area contributed by atoms with Crippen molar-refractivity contribution in [3.05, 3.63) is 57.5 Å². The number of para-hydroxylation sites is 1. The van der Waals surface area contributed by atoms with E-state index < -0.39 is 11.8 Å². The summed E-state index contributed by atoms with van der Waals surface area (Å²) in [6, 6.07) is 11.1. The number of halogens is 3. The van der Waals surface area contributed by atoms with Crippen molar-refractivity contribution in [3.8, 4) is 0 Å². The molecule has 0 bridgehead atoms. The Morgan fingerprint density at radius 1 is 0.762 bits per heavy atom. The molecule has 0 radical (unpaired) electrons. The van der Waals surface area contributed by atoms with E-state index in [0.717, 1.165) is 0 Å². The molecule has 2 amide bonds. The summed E-state index contributed by atoms with van der Waals surface area (Å²) in [5.41, 5.74) is 0.720. The highest BCUT2D eigenvalue weighted by atomic mass is 35.5. The number of carbonyl (C=O) groups excluding carboxylic acids is 2. The van der Waals surface area contributed by atoms with Gasteiger partial charge in [-0.25, -0.2) is 0 Å². The van der Waals surface area contributed by atoms with E-state index in [9.17, 15) is 9.59 Å². The van der Waals surface area contributed by atoms with Crippen LogP contribution in [0.5, 0.6) is 0 Å². The predicted molar refractivity (Wildman–Crippen MR) is 85.2 cm³/mol. The van der Waals surface area contributed by atoms with Gasteiger partial charge in [0.15, 0.2) is 0 Å². The van der Waals surface area contributed by atoms with Crippen molar-refractivity contribution in [2.45, 2.75) is 0 Å². The monoisotopic (exact) mass is 342 g/mol. The van der Waals surface area contributed by atoms with Crippen molar-refractivity contribution >= 4 is 58.0 Å². The Balaban J connectivity index is 2.04. The summed E-state index contributed by atoms with van der Waals surface area (Å²) in [7, 11) is 0. The predicted octanol–water partition coefficient (Wildman–Crippen LogP) is 4.22. The normalized spacial score (nSPS) is 10.0. The van der Waals surface area contributed by atoms with Gasteiger partial charge in [0.2, 0.25) is 0 Å². The summed E-state index contributed by atoms with van der Waals surface area (Å²) in [6.07, 6.45) is 0. The molecule has 108 valence electrons. The van der Waals surface area contributed by atoms with Gasteiger partial charge in [-0.05, 0) is 30.3 Å². The van der Waals surface area contributed by atoms with E-state index in [1.54, 1.807) is 24.3 Å². The Morgan fingerprint density at radius 2 is 1.43 bits per heavy atom. The first-order chi connectivity index (χ1) is 9.97. The van der Waals surface area contributed by atoms with E-state index in [2.05, 4.69) is 10.6 Å². The fourth-order valence-electron chi connectivity index (χ4n) is 1.50. The van der Waals surface area contributed by atoms with Crippen LogP contribution in [0.25, 0.3) is 0 Å². The molecule has 0 spiro atoms. The molecule has 2 rings (SSSR count). The molecule has 2 aromatic carbocycles. The molecule has 7 heteroatoms. The molecule has 0 unspecified atom stereocenters. The number of rotatable bonds is 2. The van der Waals surface area contributed by atoms with E-state index in [-0.39, 0.29) is 5.02 Å². The van der Waals surface area contributed by atoms with Crippen molar-refractivity contribution < 1.29 is 9.59 Å². The number of amides is 2. The zero-order valence-electron chi connectivity index (χ0n) is 10.5. The highest BCUT2D eigenvalue weighted by molar-refractivity contribution is 6.45. The van der Waals surface area contributed by atoms with Gasteiger partial charge in [0.25, 0.3) is 0 Å². The Hall–Kier alpha value is -1.75. The minimum atomic E-state index is -0.840.